The highest BCUT2D eigenvalue weighted by Gasteiger charge is 2.25. The van der Waals surface area contributed by atoms with E-state index in [0.717, 1.165) is 30.3 Å². The average molecular weight is 258 g/mol. The van der Waals surface area contributed by atoms with Crippen LogP contribution in [-0.2, 0) is 10.8 Å². The van der Waals surface area contributed by atoms with E-state index >= 15 is 0 Å². The van der Waals surface area contributed by atoms with Gasteiger partial charge >= 0.3 is 0 Å². The third-order valence-corrected chi connectivity index (χ3v) is 5.74. The molecular weight excluding hydrogens is 232 g/mol. The molecule has 1 atom stereocenters. The molecule has 1 unspecified atom stereocenters. The summed E-state index contributed by atoms with van der Waals surface area (Å²) >= 11 is 0. The van der Waals surface area contributed by atoms with Crippen molar-refractivity contribution in [2.75, 3.05) is 31.6 Å². The Morgan fingerprint density at radius 3 is 2.35 bits per heavy atom. The first-order valence-corrected chi connectivity index (χ1v) is 8.43. The lowest BCUT2D eigenvalue weighted by Crippen LogP contribution is -2.46. The Morgan fingerprint density at radius 1 is 1.18 bits per heavy atom. The molecule has 3 nitrogen and oxygen atoms in total. The molecule has 2 rings (SSSR count). The van der Waals surface area contributed by atoms with Crippen LogP contribution in [-0.4, -0.2) is 52.8 Å². The van der Waals surface area contributed by atoms with Crippen LogP contribution >= 0.6 is 0 Å². The van der Waals surface area contributed by atoms with Gasteiger partial charge in [-0.15, -0.1) is 0 Å². The highest BCUT2D eigenvalue weighted by atomic mass is 32.2. The van der Waals surface area contributed by atoms with Gasteiger partial charge in [-0.05, 0) is 58.7 Å². The summed E-state index contributed by atoms with van der Waals surface area (Å²) in [5.74, 6) is 2.63. The van der Waals surface area contributed by atoms with Gasteiger partial charge in [0.1, 0.15) is 0 Å². The summed E-state index contributed by atoms with van der Waals surface area (Å²) in [6, 6.07) is 1.24. The van der Waals surface area contributed by atoms with Gasteiger partial charge in [-0.2, -0.15) is 0 Å². The zero-order chi connectivity index (χ0) is 12.3. The van der Waals surface area contributed by atoms with E-state index in [0.29, 0.717) is 12.1 Å². The van der Waals surface area contributed by atoms with Gasteiger partial charge in [-0.25, -0.2) is 0 Å². The van der Waals surface area contributed by atoms with E-state index in [4.69, 9.17) is 0 Å². The van der Waals surface area contributed by atoms with Crippen LogP contribution in [0.25, 0.3) is 0 Å². The van der Waals surface area contributed by atoms with Crippen LogP contribution in [0.1, 0.15) is 32.6 Å². The summed E-state index contributed by atoms with van der Waals surface area (Å²) in [6.45, 7) is 4.82. The maximum Gasteiger partial charge on any atom is 0.0249 e. The van der Waals surface area contributed by atoms with Crippen molar-refractivity contribution in [3.8, 4) is 0 Å². The minimum absolute atomic E-state index is 0.532. The van der Waals surface area contributed by atoms with Crippen molar-refractivity contribution in [3.05, 3.63) is 0 Å². The van der Waals surface area contributed by atoms with Gasteiger partial charge in [0.25, 0.3) is 0 Å². The lowest BCUT2D eigenvalue weighted by atomic mass is 9.90. The van der Waals surface area contributed by atoms with Crippen molar-refractivity contribution in [2.24, 2.45) is 5.92 Å². The standard InChI is InChI=1S/C13H26N2OS/c1-11(12-3-7-15(2)8-4-12)14-13-5-9-17(16)10-6-13/h11-14H,3-10H2,1-2H3. The molecule has 2 heterocycles. The molecule has 0 aliphatic carbocycles. The summed E-state index contributed by atoms with van der Waals surface area (Å²) in [5, 5.41) is 3.77. The van der Waals surface area contributed by atoms with E-state index in [1.54, 1.807) is 0 Å². The first-order valence-electron chi connectivity index (χ1n) is 6.94. The molecule has 100 valence electrons. The maximum absolute atomic E-state index is 11.3. The zero-order valence-corrected chi connectivity index (χ0v) is 12.0. The molecule has 2 saturated heterocycles. The van der Waals surface area contributed by atoms with E-state index in [1.807, 2.05) is 0 Å². The quantitative estimate of drug-likeness (QED) is 0.826. The molecule has 2 aliphatic rings. The third kappa shape index (κ3) is 4.04. The predicted molar refractivity (Wildman–Crippen MR) is 73.7 cm³/mol. The van der Waals surface area contributed by atoms with Gasteiger partial charge in [0.15, 0.2) is 0 Å². The molecule has 0 amide bonds. The van der Waals surface area contributed by atoms with Gasteiger partial charge in [-0.1, -0.05) is 0 Å². The fraction of sp³-hybridized carbons (Fsp3) is 1.00. The van der Waals surface area contributed by atoms with E-state index in [-0.39, 0.29) is 0 Å². The van der Waals surface area contributed by atoms with Crippen molar-refractivity contribution >= 4 is 10.8 Å². The Morgan fingerprint density at radius 2 is 1.76 bits per heavy atom. The van der Waals surface area contributed by atoms with Gasteiger partial charge in [-0.3, -0.25) is 4.21 Å². The van der Waals surface area contributed by atoms with Crippen molar-refractivity contribution in [1.29, 1.82) is 0 Å². The summed E-state index contributed by atoms with van der Waals surface area (Å²) in [7, 11) is 1.68. The Labute approximate surface area is 108 Å². The van der Waals surface area contributed by atoms with E-state index in [9.17, 15) is 4.21 Å². The van der Waals surface area contributed by atoms with Crippen LogP contribution in [0, 0.1) is 5.92 Å². The lowest BCUT2D eigenvalue weighted by Gasteiger charge is -2.35. The third-order valence-electron chi connectivity index (χ3n) is 4.36. The number of hydrogen-bond acceptors (Lipinski definition) is 3. The molecule has 2 aliphatic heterocycles. The molecule has 0 saturated carbocycles. The molecule has 0 spiro atoms. The molecule has 0 radical (unpaired) electrons. The molecule has 0 aromatic rings. The fourth-order valence-corrected chi connectivity index (χ4v) is 4.30. The second-order valence-corrected chi connectivity index (χ2v) is 7.41. The summed E-state index contributed by atoms with van der Waals surface area (Å²) in [4.78, 5) is 2.42. The van der Waals surface area contributed by atoms with Crippen LogP contribution in [0.15, 0.2) is 0 Å². The van der Waals surface area contributed by atoms with E-state index in [1.165, 1.54) is 25.9 Å². The van der Waals surface area contributed by atoms with Gasteiger partial charge in [0, 0.05) is 34.4 Å². The molecule has 0 aromatic heterocycles. The molecule has 0 aromatic carbocycles. The molecule has 17 heavy (non-hydrogen) atoms. The number of nitrogens with one attached hydrogen (secondary N) is 1. The van der Waals surface area contributed by atoms with Crippen LogP contribution < -0.4 is 5.32 Å². The Balaban J connectivity index is 1.73. The van der Waals surface area contributed by atoms with Crippen LogP contribution in [0.4, 0.5) is 0 Å². The normalized spacial score (nSPS) is 34.7. The second kappa shape index (κ2) is 6.30. The minimum atomic E-state index is -0.532. The van der Waals surface area contributed by atoms with Crippen LogP contribution in [0.2, 0.25) is 0 Å². The SMILES string of the molecule is CC(NC1CCS(=O)CC1)C1CCN(C)CC1. The minimum Gasteiger partial charge on any atom is -0.311 e. The Kier molecular flexibility index (Phi) is 5.00. The highest BCUT2D eigenvalue weighted by molar-refractivity contribution is 7.85. The highest BCUT2D eigenvalue weighted by Crippen LogP contribution is 2.21. The topological polar surface area (TPSA) is 32.3 Å². The van der Waals surface area contributed by atoms with Crippen molar-refractivity contribution in [2.45, 2.75) is 44.7 Å². The summed E-state index contributed by atoms with van der Waals surface area (Å²) in [6.07, 6.45) is 4.85. The number of piperidine rings is 1. The monoisotopic (exact) mass is 258 g/mol. The number of hydrogen-bond donors (Lipinski definition) is 1. The molecule has 4 heteroatoms. The smallest absolute Gasteiger partial charge is 0.0249 e. The van der Waals surface area contributed by atoms with E-state index < -0.39 is 10.8 Å². The Bertz CT molecular complexity index is 254. The largest absolute Gasteiger partial charge is 0.311 e. The van der Waals surface area contributed by atoms with Crippen LogP contribution in [0.5, 0.6) is 0 Å². The predicted octanol–water partition coefficient (Wildman–Crippen LogP) is 1.22. The summed E-state index contributed by atoms with van der Waals surface area (Å²) < 4.78 is 11.3. The summed E-state index contributed by atoms with van der Waals surface area (Å²) in [5.41, 5.74) is 0. The maximum atomic E-state index is 11.3. The molecule has 1 N–H and O–H groups in total. The van der Waals surface area contributed by atoms with Crippen molar-refractivity contribution in [1.82, 2.24) is 10.2 Å². The first kappa shape index (κ1) is 13.5. The zero-order valence-electron chi connectivity index (χ0n) is 11.2. The number of rotatable bonds is 3. The molecule has 2 fully saturated rings. The second-order valence-electron chi connectivity index (χ2n) is 5.72. The average Bonchev–Trinajstić information content (AvgIpc) is 2.33. The Hall–Kier alpha value is 0.0700. The van der Waals surface area contributed by atoms with E-state index in [2.05, 4.69) is 24.2 Å². The molecular formula is C13H26N2OS. The lowest BCUT2D eigenvalue weighted by molar-refractivity contribution is 0.182. The fourth-order valence-electron chi connectivity index (χ4n) is 3.00. The van der Waals surface area contributed by atoms with Gasteiger partial charge in [0.05, 0.1) is 0 Å². The number of likely N-dealkylation sites (tertiary alicyclic amines) is 1. The molecule has 0 bridgehead atoms. The van der Waals surface area contributed by atoms with Crippen molar-refractivity contribution in [3.63, 3.8) is 0 Å². The van der Waals surface area contributed by atoms with Crippen LogP contribution in [0.3, 0.4) is 0 Å². The van der Waals surface area contributed by atoms with Crippen molar-refractivity contribution < 1.29 is 4.21 Å². The number of nitrogens with zero attached hydrogens (tertiary/aromatic N) is 1. The van der Waals surface area contributed by atoms with Gasteiger partial charge in [0.2, 0.25) is 0 Å². The van der Waals surface area contributed by atoms with Gasteiger partial charge < -0.3 is 10.2 Å². The first-order chi connectivity index (χ1) is 8.15.